The van der Waals surface area contributed by atoms with Crippen molar-refractivity contribution in [3.8, 4) is 0 Å². The van der Waals surface area contributed by atoms with Crippen LogP contribution in [0.4, 0.5) is 0 Å². The maximum absolute atomic E-state index is 4.48. The minimum atomic E-state index is 0.274. The van der Waals surface area contributed by atoms with Gasteiger partial charge in [-0.25, -0.2) is 0 Å². The minimum absolute atomic E-state index is 0.274. The van der Waals surface area contributed by atoms with Crippen molar-refractivity contribution in [1.82, 2.24) is 24.7 Å². The van der Waals surface area contributed by atoms with Crippen LogP contribution in [0.1, 0.15) is 36.2 Å². The molecule has 0 radical (unpaired) electrons. The van der Waals surface area contributed by atoms with Crippen molar-refractivity contribution < 1.29 is 0 Å². The summed E-state index contributed by atoms with van der Waals surface area (Å²) in [6, 6.07) is 2.43. The summed E-state index contributed by atoms with van der Waals surface area (Å²) < 4.78 is 6.01. The summed E-state index contributed by atoms with van der Waals surface area (Å²) in [7, 11) is 0. The number of nitrogens with zero attached hydrogens (tertiary/aromatic N) is 4. The Hall–Kier alpha value is -1.27. The molecule has 0 bridgehead atoms. The van der Waals surface area contributed by atoms with Gasteiger partial charge in [-0.05, 0) is 38.0 Å². The lowest BCUT2D eigenvalue weighted by Crippen LogP contribution is -2.23. The molecular formula is C12H19N5S. The Balaban J connectivity index is 2.18. The van der Waals surface area contributed by atoms with Crippen molar-refractivity contribution in [2.45, 2.75) is 39.8 Å². The van der Waals surface area contributed by atoms with E-state index in [9.17, 15) is 0 Å². The zero-order valence-corrected chi connectivity index (χ0v) is 11.9. The third kappa shape index (κ3) is 2.94. The number of aromatic nitrogens is 4. The van der Waals surface area contributed by atoms with E-state index in [1.807, 2.05) is 13.1 Å². The predicted octanol–water partition coefficient (Wildman–Crippen LogP) is 1.96. The highest BCUT2D eigenvalue weighted by Gasteiger charge is 2.16. The third-order valence-corrected chi connectivity index (χ3v) is 3.65. The molecule has 0 aliphatic heterocycles. The highest BCUT2D eigenvalue weighted by Crippen LogP contribution is 2.20. The fourth-order valence-corrected chi connectivity index (χ4v) is 2.67. The van der Waals surface area contributed by atoms with Crippen molar-refractivity contribution in [1.29, 1.82) is 0 Å². The molecule has 18 heavy (non-hydrogen) atoms. The van der Waals surface area contributed by atoms with E-state index in [-0.39, 0.29) is 6.04 Å². The van der Waals surface area contributed by atoms with Crippen LogP contribution in [0.3, 0.4) is 0 Å². The first kappa shape index (κ1) is 13.2. The van der Waals surface area contributed by atoms with Gasteiger partial charge in [-0.2, -0.15) is 5.10 Å². The molecule has 98 valence electrons. The van der Waals surface area contributed by atoms with Crippen LogP contribution in [0.25, 0.3) is 0 Å². The van der Waals surface area contributed by atoms with Crippen LogP contribution >= 0.6 is 11.5 Å². The van der Waals surface area contributed by atoms with Gasteiger partial charge in [0, 0.05) is 18.7 Å². The summed E-state index contributed by atoms with van der Waals surface area (Å²) >= 11 is 1.46. The molecule has 0 amide bonds. The van der Waals surface area contributed by atoms with Crippen LogP contribution in [0.5, 0.6) is 0 Å². The zero-order chi connectivity index (χ0) is 13.0. The number of hydrogen-bond acceptors (Lipinski definition) is 5. The quantitative estimate of drug-likeness (QED) is 0.867. The first-order valence-corrected chi connectivity index (χ1v) is 7.05. The Morgan fingerprint density at radius 2 is 2.28 bits per heavy atom. The predicted molar refractivity (Wildman–Crippen MR) is 72.7 cm³/mol. The molecule has 6 heteroatoms. The second kappa shape index (κ2) is 6.06. The average Bonchev–Trinajstić information content (AvgIpc) is 2.97. The minimum Gasteiger partial charge on any atom is -0.309 e. The van der Waals surface area contributed by atoms with Gasteiger partial charge in [-0.1, -0.05) is 11.4 Å². The van der Waals surface area contributed by atoms with Gasteiger partial charge >= 0.3 is 0 Å². The maximum atomic E-state index is 4.48. The number of hydrogen-bond donors (Lipinski definition) is 1. The van der Waals surface area contributed by atoms with E-state index in [0.717, 1.165) is 25.2 Å². The van der Waals surface area contributed by atoms with Gasteiger partial charge < -0.3 is 5.32 Å². The second-order valence-corrected chi connectivity index (χ2v) is 5.04. The van der Waals surface area contributed by atoms with Gasteiger partial charge in [0.2, 0.25) is 0 Å². The Kier molecular flexibility index (Phi) is 4.43. The van der Waals surface area contributed by atoms with Crippen LogP contribution in [-0.4, -0.2) is 25.9 Å². The van der Waals surface area contributed by atoms with E-state index in [0.29, 0.717) is 0 Å². The van der Waals surface area contributed by atoms with Gasteiger partial charge in [0.25, 0.3) is 0 Å². The third-order valence-electron chi connectivity index (χ3n) is 2.87. The molecule has 0 saturated heterocycles. The zero-order valence-electron chi connectivity index (χ0n) is 11.1. The highest BCUT2D eigenvalue weighted by atomic mass is 32.1. The van der Waals surface area contributed by atoms with E-state index in [2.05, 4.69) is 44.6 Å². The summed E-state index contributed by atoms with van der Waals surface area (Å²) in [6.45, 7) is 8.10. The first-order valence-electron chi connectivity index (χ1n) is 6.28. The van der Waals surface area contributed by atoms with Crippen LogP contribution in [-0.2, 0) is 13.0 Å². The maximum Gasteiger partial charge on any atom is 0.0669 e. The summed E-state index contributed by atoms with van der Waals surface area (Å²) in [5.41, 5.74) is 2.33. The molecule has 2 aromatic heterocycles. The molecule has 1 atom stereocenters. The van der Waals surface area contributed by atoms with E-state index >= 15 is 0 Å². The number of aryl methyl sites for hydroxylation is 2. The fourth-order valence-electron chi connectivity index (χ4n) is 2.09. The number of rotatable bonds is 6. The number of likely N-dealkylation sites (N-methyl/N-ethyl adjacent to an activating group) is 1. The Morgan fingerprint density at radius 3 is 2.89 bits per heavy atom. The molecule has 1 N–H and O–H groups in total. The van der Waals surface area contributed by atoms with Gasteiger partial charge in [0.1, 0.15) is 0 Å². The summed E-state index contributed by atoms with van der Waals surface area (Å²) in [5.74, 6) is 0. The monoisotopic (exact) mass is 265 g/mol. The molecule has 0 aliphatic carbocycles. The fraction of sp³-hybridized carbons (Fsp3) is 0.583. The molecule has 2 rings (SSSR count). The van der Waals surface area contributed by atoms with E-state index in [1.54, 1.807) is 0 Å². The summed E-state index contributed by atoms with van der Waals surface area (Å²) in [6.07, 6.45) is 2.77. The molecule has 2 heterocycles. The van der Waals surface area contributed by atoms with E-state index in [4.69, 9.17) is 0 Å². The Labute approximate surface area is 111 Å². The Bertz CT molecular complexity index is 477. The van der Waals surface area contributed by atoms with Crippen LogP contribution < -0.4 is 5.32 Å². The topological polar surface area (TPSA) is 55.6 Å². The summed E-state index contributed by atoms with van der Waals surface area (Å²) in [4.78, 5) is 1.18. The average molecular weight is 265 g/mol. The number of nitrogens with one attached hydrogen (secondary N) is 1. The molecule has 0 saturated carbocycles. The lowest BCUT2D eigenvalue weighted by molar-refractivity contribution is 0.521. The molecular weight excluding hydrogens is 246 g/mol. The van der Waals surface area contributed by atoms with Crippen molar-refractivity contribution >= 4 is 11.5 Å². The lowest BCUT2D eigenvalue weighted by Gasteiger charge is -2.15. The molecule has 0 fully saturated rings. The lowest BCUT2D eigenvalue weighted by atomic mass is 10.1. The molecule has 2 aromatic rings. The van der Waals surface area contributed by atoms with E-state index < -0.39 is 0 Å². The van der Waals surface area contributed by atoms with Gasteiger partial charge in [0.05, 0.1) is 22.8 Å². The van der Waals surface area contributed by atoms with Crippen molar-refractivity contribution in [3.05, 3.63) is 28.5 Å². The van der Waals surface area contributed by atoms with Crippen molar-refractivity contribution in [2.75, 3.05) is 6.54 Å². The smallest absolute Gasteiger partial charge is 0.0669 e. The molecule has 0 aromatic carbocycles. The molecule has 0 aliphatic rings. The summed E-state index contributed by atoms with van der Waals surface area (Å²) in [5, 5.41) is 11.9. The van der Waals surface area contributed by atoms with Crippen LogP contribution in [0, 0.1) is 6.92 Å². The van der Waals surface area contributed by atoms with Gasteiger partial charge in [0.15, 0.2) is 0 Å². The standard InChI is InChI=1S/C12H19N5S/c1-4-13-11(12-8-14-16-18-12)7-10-6-9(3)15-17(10)5-2/h6,8,11,13H,4-5,7H2,1-3H3. The van der Waals surface area contributed by atoms with Crippen LogP contribution in [0.2, 0.25) is 0 Å². The molecule has 0 spiro atoms. The van der Waals surface area contributed by atoms with Gasteiger partial charge in [-0.3, -0.25) is 4.68 Å². The van der Waals surface area contributed by atoms with Gasteiger partial charge in [-0.15, -0.1) is 5.10 Å². The van der Waals surface area contributed by atoms with E-state index in [1.165, 1.54) is 22.1 Å². The van der Waals surface area contributed by atoms with Crippen molar-refractivity contribution in [2.24, 2.45) is 0 Å². The largest absolute Gasteiger partial charge is 0.309 e. The normalized spacial score (nSPS) is 12.8. The highest BCUT2D eigenvalue weighted by molar-refractivity contribution is 7.05. The Morgan fingerprint density at radius 1 is 1.44 bits per heavy atom. The second-order valence-electron chi connectivity index (χ2n) is 4.23. The van der Waals surface area contributed by atoms with Crippen LogP contribution in [0.15, 0.2) is 12.3 Å². The SMILES string of the molecule is CCNC(Cc1cc(C)nn1CC)c1cnns1. The first-order chi connectivity index (χ1) is 8.74. The molecule has 1 unspecified atom stereocenters. The van der Waals surface area contributed by atoms with Crippen molar-refractivity contribution in [3.63, 3.8) is 0 Å². The molecule has 5 nitrogen and oxygen atoms in total.